The number of ether oxygens (including phenoxy) is 1. The van der Waals surface area contributed by atoms with Gasteiger partial charge in [0.05, 0.1) is 0 Å². The van der Waals surface area contributed by atoms with Gasteiger partial charge in [0.1, 0.15) is 13.2 Å². The van der Waals surface area contributed by atoms with Crippen LogP contribution in [0.2, 0.25) is 0 Å². The van der Waals surface area contributed by atoms with Gasteiger partial charge in [-0.1, -0.05) is 30.3 Å². The highest BCUT2D eigenvalue weighted by atomic mass is 16.5. The number of carbonyl (C=O) groups excluding carboxylic acids is 3. The van der Waals surface area contributed by atoms with Crippen molar-refractivity contribution in [3.8, 4) is 0 Å². The van der Waals surface area contributed by atoms with Crippen LogP contribution >= 0.6 is 0 Å². The molecule has 1 aromatic carbocycles. The number of urea groups is 1. The fourth-order valence-electron chi connectivity index (χ4n) is 3.53. The lowest BCUT2D eigenvalue weighted by Gasteiger charge is -2.34. The number of nitrogens with zero attached hydrogens (tertiary/aromatic N) is 2. The summed E-state index contributed by atoms with van der Waals surface area (Å²) in [6.45, 7) is 2.93. The summed E-state index contributed by atoms with van der Waals surface area (Å²) < 4.78 is 5.16. The number of nitrogens with one attached hydrogen (secondary N) is 1. The molecule has 2 aliphatic rings. The van der Waals surface area contributed by atoms with Crippen molar-refractivity contribution in [2.24, 2.45) is 5.92 Å². The van der Waals surface area contributed by atoms with Gasteiger partial charge in [-0.05, 0) is 31.2 Å². The zero-order chi connectivity index (χ0) is 19.1. The Morgan fingerprint density at radius 3 is 2.26 bits per heavy atom. The molecule has 2 heterocycles. The van der Waals surface area contributed by atoms with Gasteiger partial charge in [-0.2, -0.15) is 0 Å². The average Bonchev–Trinajstić information content (AvgIpc) is 3.25. The summed E-state index contributed by atoms with van der Waals surface area (Å²) >= 11 is 0. The molecule has 1 aromatic rings. The second-order valence-corrected chi connectivity index (χ2v) is 7.10. The van der Waals surface area contributed by atoms with Crippen molar-refractivity contribution in [1.29, 1.82) is 0 Å². The Labute approximate surface area is 159 Å². The molecule has 0 bridgehead atoms. The molecule has 0 saturated carbocycles. The number of hydrogen-bond donors (Lipinski definition) is 1. The van der Waals surface area contributed by atoms with E-state index in [-0.39, 0.29) is 31.0 Å². The quantitative estimate of drug-likeness (QED) is 0.798. The third-order valence-corrected chi connectivity index (χ3v) is 5.16. The molecule has 3 rings (SSSR count). The molecule has 0 unspecified atom stereocenters. The first kappa shape index (κ1) is 19.2. The van der Waals surface area contributed by atoms with E-state index in [1.165, 1.54) is 0 Å². The lowest BCUT2D eigenvalue weighted by Crippen LogP contribution is -2.48. The molecule has 2 fully saturated rings. The number of rotatable bonds is 5. The monoisotopic (exact) mass is 373 g/mol. The number of benzene rings is 1. The van der Waals surface area contributed by atoms with Crippen LogP contribution in [-0.2, 0) is 20.9 Å². The van der Waals surface area contributed by atoms with E-state index >= 15 is 0 Å². The van der Waals surface area contributed by atoms with Gasteiger partial charge in [-0.3, -0.25) is 9.59 Å². The number of likely N-dealkylation sites (tertiary alicyclic amines) is 2. The van der Waals surface area contributed by atoms with Crippen LogP contribution in [0.1, 0.15) is 31.2 Å². The van der Waals surface area contributed by atoms with Crippen LogP contribution in [-0.4, -0.2) is 60.4 Å². The smallest absolute Gasteiger partial charge is 0.325 e. The van der Waals surface area contributed by atoms with Gasteiger partial charge in [0.15, 0.2) is 0 Å². The van der Waals surface area contributed by atoms with Gasteiger partial charge in [0, 0.05) is 32.1 Å². The van der Waals surface area contributed by atoms with E-state index in [9.17, 15) is 14.4 Å². The SMILES string of the molecule is O=C(CNC(=O)C1CCN(C(=O)N2CCCC2)CC1)OCc1ccccc1. The molecule has 7 heteroatoms. The summed E-state index contributed by atoms with van der Waals surface area (Å²) in [6, 6.07) is 9.51. The fraction of sp³-hybridized carbons (Fsp3) is 0.550. The number of amides is 3. The normalized spacial score (nSPS) is 17.6. The lowest BCUT2D eigenvalue weighted by atomic mass is 9.96. The van der Waals surface area contributed by atoms with Gasteiger partial charge < -0.3 is 19.9 Å². The molecule has 1 N–H and O–H groups in total. The van der Waals surface area contributed by atoms with Crippen molar-refractivity contribution in [2.45, 2.75) is 32.3 Å². The Morgan fingerprint density at radius 1 is 0.963 bits per heavy atom. The zero-order valence-corrected chi connectivity index (χ0v) is 15.6. The summed E-state index contributed by atoms with van der Waals surface area (Å²) in [5.74, 6) is -0.747. The molecule has 0 aliphatic carbocycles. The topological polar surface area (TPSA) is 79.0 Å². The van der Waals surface area contributed by atoms with Crippen LogP contribution in [0.25, 0.3) is 0 Å². The largest absolute Gasteiger partial charge is 0.460 e. The third-order valence-electron chi connectivity index (χ3n) is 5.16. The molecular formula is C20H27N3O4. The van der Waals surface area contributed by atoms with Crippen molar-refractivity contribution < 1.29 is 19.1 Å². The maximum atomic E-state index is 12.4. The minimum atomic E-state index is -0.450. The Hall–Kier alpha value is -2.57. The van der Waals surface area contributed by atoms with Gasteiger partial charge in [0.2, 0.25) is 5.91 Å². The number of carbonyl (C=O) groups is 3. The highest BCUT2D eigenvalue weighted by Crippen LogP contribution is 2.20. The van der Waals surface area contributed by atoms with Crippen LogP contribution in [0.5, 0.6) is 0 Å². The van der Waals surface area contributed by atoms with E-state index in [2.05, 4.69) is 5.32 Å². The summed E-state index contributed by atoms with van der Waals surface area (Å²) in [6.07, 6.45) is 3.41. The molecule has 2 saturated heterocycles. The molecule has 0 aromatic heterocycles. The van der Waals surface area contributed by atoms with E-state index in [4.69, 9.17) is 4.74 Å². The number of esters is 1. The fourth-order valence-corrected chi connectivity index (χ4v) is 3.53. The second kappa shape index (κ2) is 9.39. The molecule has 0 radical (unpaired) electrons. The van der Waals surface area contributed by atoms with E-state index in [1.54, 1.807) is 0 Å². The molecule has 2 aliphatic heterocycles. The van der Waals surface area contributed by atoms with Gasteiger partial charge >= 0.3 is 12.0 Å². The number of piperidine rings is 1. The van der Waals surface area contributed by atoms with Crippen LogP contribution in [0, 0.1) is 5.92 Å². The molecular weight excluding hydrogens is 346 g/mol. The first-order valence-electron chi connectivity index (χ1n) is 9.64. The van der Waals surface area contributed by atoms with E-state index < -0.39 is 5.97 Å². The minimum Gasteiger partial charge on any atom is -0.460 e. The van der Waals surface area contributed by atoms with Crippen molar-refractivity contribution in [1.82, 2.24) is 15.1 Å². The maximum Gasteiger partial charge on any atom is 0.325 e. The summed E-state index contributed by atoms with van der Waals surface area (Å²) in [5.41, 5.74) is 0.909. The first-order chi connectivity index (χ1) is 13.1. The third kappa shape index (κ3) is 5.45. The molecule has 27 heavy (non-hydrogen) atoms. The molecule has 0 atom stereocenters. The van der Waals surface area contributed by atoms with Crippen LogP contribution in [0.15, 0.2) is 30.3 Å². The minimum absolute atomic E-state index is 0.0934. The maximum absolute atomic E-state index is 12.4. The van der Waals surface area contributed by atoms with E-state index in [0.29, 0.717) is 25.9 Å². The molecule has 3 amide bonds. The van der Waals surface area contributed by atoms with E-state index in [0.717, 1.165) is 31.5 Å². The molecule has 146 valence electrons. The Morgan fingerprint density at radius 2 is 1.59 bits per heavy atom. The lowest BCUT2D eigenvalue weighted by molar-refractivity contribution is -0.145. The predicted molar refractivity (Wildman–Crippen MR) is 99.7 cm³/mol. The van der Waals surface area contributed by atoms with Gasteiger partial charge in [-0.25, -0.2) is 4.79 Å². The molecule has 0 spiro atoms. The summed E-state index contributed by atoms with van der Waals surface area (Å²) in [7, 11) is 0. The second-order valence-electron chi connectivity index (χ2n) is 7.10. The van der Waals surface area contributed by atoms with Gasteiger partial charge in [-0.15, -0.1) is 0 Å². The van der Waals surface area contributed by atoms with Crippen LogP contribution in [0.4, 0.5) is 4.79 Å². The predicted octanol–water partition coefficient (Wildman–Crippen LogP) is 1.77. The zero-order valence-electron chi connectivity index (χ0n) is 15.6. The van der Waals surface area contributed by atoms with Crippen LogP contribution in [0.3, 0.4) is 0 Å². The summed E-state index contributed by atoms with van der Waals surface area (Å²) in [5, 5.41) is 2.66. The highest BCUT2D eigenvalue weighted by molar-refractivity contribution is 5.84. The van der Waals surface area contributed by atoms with Crippen molar-refractivity contribution in [3.63, 3.8) is 0 Å². The van der Waals surface area contributed by atoms with E-state index in [1.807, 2.05) is 40.1 Å². The van der Waals surface area contributed by atoms with Crippen molar-refractivity contribution >= 4 is 17.9 Å². The highest BCUT2D eigenvalue weighted by Gasteiger charge is 2.30. The summed E-state index contributed by atoms with van der Waals surface area (Å²) in [4.78, 5) is 40.2. The van der Waals surface area contributed by atoms with Crippen molar-refractivity contribution in [3.05, 3.63) is 35.9 Å². The first-order valence-corrected chi connectivity index (χ1v) is 9.64. The Kier molecular flexibility index (Phi) is 6.68. The number of hydrogen-bond acceptors (Lipinski definition) is 4. The van der Waals surface area contributed by atoms with Crippen LogP contribution < -0.4 is 5.32 Å². The average molecular weight is 373 g/mol. The van der Waals surface area contributed by atoms with Crippen molar-refractivity contribution in [2.75, 3.05) is 32.7 Å². The Balaban J connectivity index is 1.34. The standard InChI is InChI=1S/C20H27N3O4/c24-18(27-15-16-6-2-1-3-7-16)14-21-19(25)17-8-12-23(13-9-17)20(26)22-10-4-5-11-22/h1-3,6-7,17H,4-5,8-15H2,(H,21,25). The molecule has 7 nitrogen and oxygen atoms in total. The van der Waals surface area contributed by atoms with Gasteiger partial charge in [0.25, 0.3) is 0 Å². The Bertz CT molecular complexity index is 650.